The Bertz CT molecular complexity index is 2760. The standard InChI is InChI=1S/C47H34N4/c1-48-45(32-22-21-29-11-2-3-12-30(29)25-32)38-15-4-7-18-41(38)49-28-50-42-19-8-5-14-34(42)40-27-39-31(26-44(40)50)23-24-37-36-17-10-16-35-33-13-6-9-20-43(33)51(46(35)36)47(37)39/h2-7,9-18,20-27,36,46H,1,8,19,28H2/b45-38-,49-41-. The Labute approximate surface area is 296 Å². The molecule has 0 spiro atoms. The van der Waals surface area contributed by atoms with Gasteiger partial charge in [0.25, 0.3) is 0 Å². The average Bonchev–Trinajstić information content (AvgIpc) is 3.82. The van der Waals surface area contributed by atoms with Gasteiger partial charge in [-0.25, -0.2) is 0 Å². The molecule has 0 radical (unpaired) electrons. The maximum Gasteiger partial charge on any atom is 0.115 e. The summed E-state index contributed by atoms with van der Waals surface area (Å²) in [5.74, 6) is 0.353. The first-order valence-corrected chi connectivity index (χ1v) is 17.9. The molecule has 0 amide bonds. The van der Waals surface area contributed by atoms with Crippen LogP contribution < -0.4 is 4.90 Å². The van der Waals surface area contributed by atoms with Crippen LogP contribution >= 0.6 is 0 Å². The van der Waals surface area contributed by atoms with E-state index in [1.165, 1.54) is 71.8 Å². The van der Waals surface area contributed by atoms with Gasteiger partial charge in [-0.15, -0.1) is 0 Å². The molecule has 3 aliphatic carbocycles. The van der Waals surface area contributed by atoms with Gasteiger partial charge in [0.15, 0.2) is 0 Å². The van der Waals surface area contributed by atoms with Crippen LogP contribution in [-0.2, 0) is 13.1 Å². The van der Waals surface area contributed by atoms with E-state index in [1.807, 2.05) is 0 Å². The number of allylic oxidation sites excluding steroid dienone is 8. The van der Waals surface area contributed by atoms with Crippen molar-refractivity contribution in [3.05, 3.63) is 173 Å². The molecule has 0 bridgehead atoms. The lowest BCUT2D eigenvalue weighted by Gasteiger charge is -2.25. The fraction of sp³-hybridized carbons (Fsp3) is 0.106. The van der Waals surface area contributed by atoms with Crippen molar-refractivity contribution < 1.29 is 0 Å². The Morgan fingerprint density at radius 1 is 0.804 bits per heavy atom. The lowest BCUT2D eigenvalue weighted by atomic mass is 9.84. The van der Waals surface area contributed by atoms with Gasteiger partial charge in [-0.2, -0.15) is 0 Å². The molecule has 51 heavy (non-hydrogen) atoms. The Balaban J connectivity index is 1.06. The fourth-order valence-corrected chi connectivity index (χ4v) is 9.29. The molecular weight excluding hydrogens is 621 g/mol. The Morgan fingerprint density at radius 2 is 1.67 bits per heavy atom. The van der Waals surface area contributed by atoms with E-state index < -0.39 is 0 Å². The van der Waals surface area contributed by atoms with Gasteiger partial charge in [0, 0.05) is 50.3 Å². The summed E-state index contributed by atoms with van der Waals surface area (Å²) in [4.78, 5) is 12.5. The van der Waals surface area contributed by atoms with E-state index in [9.17, 15) is 0 Å². The number of benzene rings is 5. The average molecular weight is 655 g/mol. The molecule has 242 valence electrons. The molecule has 1 aromatic heterocycles. The second-order valence-corrected chi connectivity index (χ2v) is 14.1. The summed E-state index contributed by atoms with van der Waals surface area (Å²) in [6.07, 6.45) is 22.0. The fourth-order valence-electron chi connectivity index (χ4n) is 9.29. The molecule has 0 fully saturated rings. The number of fused-ring (bicyclic) bond motifs is 12. The normalized spacial score (nSPS) is 21.0. The first-order valence-electron chi connectivity index (χ1n) is 17.9. The van der Waals surface area contributed by atoms with Crippen LogP contribution in [0.1, 0.15) is 40.3 Å². The summed E-state index contributed by atoms with van der Waals surface area (Å²) in [5.41, 5.74) is 14.6. The lowest BCUT2D eigenvalue weighted by Crippen LogP contribution is -2.26. The minimum atomic E-state index is 0.322. The van der Waals surface area contributed by atoms with Crippen LogP contribution in [0.2, 0.25) is 0 Å². The van der Waals surface area contributed by atoms with Gasteiger partial charge in [-0.3, -0.25) is 9.98 Å². The largest absolute Gasteiger partial charge is 0.332 e. The highest BCUT2D eigenvalue weighted by atomic mass is 15.2. The Morgan fingerprint density at radius 3 is 2.61 bits per heavy atom. The number of aliphatic imine (C=N–C) groups is 2. The van der Waals surface area contributed by atoms with Gasteiger partial charge in [-0.1, -0.05) is 115 Å². The zero-order chi connectivity index (χ0) is 33.6. The summed E-state index contributed by atoms with van der Waals surface area (Å²) >= 11 is 0. The summed E-state index contributed by atoms with van der Waals surface area (Å²) in [6.45, 7) is 4.52. The topological polar surface area (TPSA) is 32.9 Å². The summed E-state index contributed by atoms with van der Waals surface area (Å²) < 4.78 is 2.45. The van der Waals surface area contributed by atoms with E-state index in [0.717, 1.165) is 35.4 Å². The summed E-state index contributed by atoms with van der Waals surface area (Å²) in [5, 5.41) is 6.28. The zero-order valence-electron chi connectivity index (χ0n) is 28.1. The van der Waals surface area contributed by atoms with Crippen molar-refractivity contribution >= 4 is 73.6 Å². The molecule has 5 aliphatic rings. The Hall–Kier alpha value is -6.26. The number of hydrogen-bond donors (Lipinski definition) is 0. The molecule has 0 saturated carbocycles. The maximum absolute atomic E-state index is 5.31. The lowest BCUT2D eigenvalue weighted by molar-refractivity contribution is 0.708. The highest BCUT2D eigenvalue weighted by Gasteiger charge is 2.47. The van der Waals surface area contributed by atoms with Crippen molar-refractivity contribution in [3.63, 3.8) is 0 Å². The third kappa shape index (κ3) is 4.08. The third-order valence-electron chi connectivity index (χ3n) is 11.5. The minimum Gasteiger partial charge on any atom is -0.332 e. The Kier molecular flexibility index (Phi) is 6.09. The second kappa shape index (κ2) is 10.9. The van der Waals surface area contributed by atoms with Crippen LogP contribution in [0.3, 0.4) is 0 Å². The van der Waals surface area contributed by atoms with Crippen LogP contribution in [0.15, 0.2) is 155 Å². The van der Waals surface area contributed by atoms with Crippen LogP contribution in [0.4, 0.5) is 11.4 Å². The molecule has 3 heterocycles. The van der Waals surface area contributed by atoms with Crippen molar-refractivity contribution in [2.24, 2.45) is 9.98 Å². The monoisotopic (exact) mass is 654 g/mol. The van der Waals surface area contributed by atoms with Crippen molar-refractivity contribution in [2.75, 3.05) is 4.90 Å². The SMILES string of the molecule is C=N/C(=C1/C=CC=C/C1=N/Cn1c2c(c3cc4c5c(ccc4cc31)C1C=CC=C3c4ccccc4N5C31)C=CCC2)c1ccc2ccccc2c1. The number of rotatable bonds is 4. The number of anilines is 2. The third-order valence-corrected chi connectivity index (χ3v) is 11.5. The van der Waals surface area contributed by atoms with Gasteiger partial charge < -0.3 is 9.47 Å². The van der Waals surface area contributed by atoms with Gasteiger partial charge in [0.2, 0.25) is 0 Å². The van der Waals surface area contributed by atoms with Gasteiger partial charge in [0.05, 0.1) is 28.7 Å². The first-order chi connectivity index (χ1) is 25.3. The van der Waals surface area contributed by atoms with Gasteiger partial charge in [0.1, 0.15) is 6.67 Å². The first kappa shape index (κ1) is 28.6. The molecule has 2 atom stereocenters. The van der Waals surface area contributed by atoms with Crippen LogP contribution in [0.5, 0.6) is 0 Å². The van der Waals surface area contributed by atoms with E-state index in [1.54, 1.807) is 0 Å². The van der Waals surface area contributed by atoms with Crippen LogP contribution in [-0.4, -0.2) is 23.0 Å². The smallest absolute Gasteiger partial charge is 0.115 e. The predicted octanol–water partition coefficient (Wildman–Crippen LogP) is 11.1. The maximum atomic E-state index is 5.31. The van der Waals surface area contributed by atoms with Gasteiger partial charge in [-0.05, 0) is 77.2 Å². The predicted molar refractivity (Wildman–Crippen MR) is 215 cm³/mol. The molecule has 11 rings (SSSR count). The number of para-hydroxylation sites is 1. The zero-order valence-corrected chi connectivity index (χ0v) is 28.1. The summed E-state index contributed by atoms with van der Waals surface area (Å²) in [7, 11) is 0. The van der Waals surface area contributed by atoms with Crippen molar-refractivity contribution in [2.45, 2.75) is 31.5 Å². The molecule has 0 saturated heterocycles. The van der Waals surface area contributed by atoms with Gasteiger partial charge >= 0.3 is 0 Å². The molecule has 5 aromatic carbocycles. The van der Waals surface area contributed by atoms with Crippen LogP contribution in [0.25, 0.3) is 49.8 Å². The van der Waals surface area contributed by atoms with Crippen molar-refractivity contribution in [1.82, 2.24) is 4.57 Å². The minimum absolute atomic E-state index is 0.322. The van der Waals surface area contributed by atoms with Crippen molar-refractivity contribution in [1.29, 1.82) is 0 Å². The molecular formula is C47H34N4. The molecule has 4 nitrogen and oxygen atoms in total. The highest BCUT2D eigenvalue weighted by Crippen LogP contribution is 2.59. The summed E-state index contributed by atoms with van der Waals surface area (Å²) in [6, 6.07) is 33.8. The number of aromatic nitrogens is 1. The number of nitrogens with zero attached hydrogens (tertiary/aromatic N) is 4. The van der Waals surface area contributed by atoms with Crippen molar-refractivity contribution in [3.8, 4) is 0 Å². The van der Waals surface area contributed by atoms with E-state index in [-0.39, 0.29) is 0 Å². The van der Waals surface area contributed by atoms with E-state index in [2.05, 4.69) is 167 Å². The second-order valence-electron chi connectivity index (χ2n) is 14.1. The van der Waals surface area contributed by atoms with E-state index in [4.69, 9.17) is 4.99 Å². The van der Waals surface area contributed by atoms with Crippen LogP contribution in [0, 0.1) is 0 Å². The molecule has 6 aromatic rings. The van der Waals surface area contributed by atoms with E-state index in [0.29, 0.717) is 18.6 Å². The van der Waals surface area contributed by atoms with E-state index >= 15 is 0 Å². The molecule has 2 unspecified atom stereocenters. The quantitative estimate of drug-likeness (QED) is 0.174. The number of hydrogen-bond acceptors (Lipinski definition) is 3. The molecule has 0 N–H and O–H groups in total. The molecule has 4 heteroatoms. The highest BCUT2D eigenvalue weighted by molar-refractivity contribution is 6.16. The molecule has 2 aliphatic heterocycles.